The van der Waals surface area contributed by atoms with Gasteiger partial charge in [-0.2, -0.15) is 0 Å². The Morgan fingerprint density at radius 3 is 1.69 bits per heavy atom. The van der Waals surface area contributed by atoms with Gasteiger partial charge in [0.05, 0.1) is 31.8 Å². The normalized spacial score (nSPS) is 14.2. The molecule has 0 rings (SSSR count). The molecule has 0 aliphatic rings. The smallest absolute Gasteiger partial charge is 0.379 e. The molecular formula is C27H57NO6PS+. The first-order valence-electron chi connectivity index (χ1n) is 14.3. The van der Waals surface area contributed by atoms with Crippen LogP contribution in [0.25, 0.3) is 0 Å². The predicted molar refractivity (Wildman–Crippen MR) is 154 cm³/mol. The van der Waals surface area contributed by atoms with Crippen LogP contribution in [0.2, 0.25) is 0 Å². The van der Waals surface area contributed by atoms with Crippen molar-refractivity contribution in [3.63, 3.8) is 0 Å². The molecule has 0 saturated carbocycles. The maximum atomic E-state index is 12.0. The Bertz CT molecular complexity index is 552. The van der Waals surface area contributed by atoms with E-state index in [4.69, 9.17) is 13.8 Å². The summed E-state index contributed by atoms with van der Waals surface area (Å²) in [6.45, 7) is 4.57. The van der Waals surface area contributed by atoms with Gasteiger partial charge >= 0.3 is 7.82 Å². The number of phosphoric ester groups is 1. The number of ether oxygens (including phenoxy) is 1. The average molecular weight is 555 g/mol. The molecule has 0 heterocycles. The lowest BCUT2D eigenvalue weighted by Crippen LogP contribution is -2.40. The molecule has 0 aromatic rings. The van der Waals surface area contributed by atoms with Gasteiger partial charge in [-0.3, -0.25) is 13.8 Å². The largest absolute Gasteiger partial charge is 0.472 e. The second-order valence-electron chi connectivity index (χ2n) is 10.1. The average Bonchev–Trinajstić information content (AvgIpc) is 2.81. The van der Waals surface area contributed by atoms with Gasteiger partial charge < -0.3 is 14.9 Å². The van der Waals surface area contributed by atoms with Gasteiger partial charge in [0.1, 0.15) is 12.4 Å². The topological polar surface area (TPSA) is 94.1 Å². The number of carbonyl (C=O) groups excluding carboxylic acids is 1. The van der Waals surface area contributed by atoms with E-state index in [-0.39, 0.29) is 36.6 Å². The molecule has 0 fully saturated rings. The Labute approximate surface area is 225 Å². The number of phosphoric acid groups is 1. The van der Waals surface area contributed by atoms with Gasteiger partial charge in [0.2, 0.25) is 5.91 Å². The highest BCUT2D eigenvalue weighted by molar-refractivity contribution is 7.95. The van der Waals surface area contributed by atoms with Gasteiger partial charge in [-0.25, -0.2) is 4.57 Å². The van der Waals surface area contributed by atoms with Crippen molar-refractivity contribution in [1.82, 2.24) is 5.32 Å². The summed E-state index contributed by atoms with van der Waals surface area (Å²) in [5.41, 5.74) is 0. The van der Waals surface area contributed by atoms with Gasteiger partial charge in [-0.15, -0.1) is 0 Å². The third kappa shape index (κ3) is 26.9. The van der Waals surface area contributed by atoms with E-state index in [1.165, 1.54) is 96.8 Å². The van der Waals surface area contributed by atoms with Crippen molar-refractivity contribution in [2.24, 2.45) is 0 Å². The SMILES string of the molecule is CCCCCCCCCCCCCCCCCCOC[C@H](COP(=O)(O)OCC[S+](C)C)NC(C)=O. The first kappa shape index (κ1) is 35.9. The van der Waals surface area contributed by atoms with Crippen LogP contribution >= 0.6 is 7.82 Å². The Hall–Kier alpha value is -0.110. The molecule has 36 heavy (non-hydrogen) atoms. The zero-order chi connectivity index (χ0) is 26.9. The number of hydrogen-bond donors (Lipinski definition) is 2. The van der Waals surface area contributed by atoms with Crippen LogP contribution < -0.4 is 5.32 Å². The standard InChI is InChI=1S/C27H56NO6PS/c1-5-6-7-8-9-10-11-12-13-14-15-16-17-18-19-20-21-32-24-27(28-26(2)29)25-34-35(30,31)33-22-23-36(3)4/h27H,5-25H2,1-4H3,(H-,28,29,30,31)/p+1/t27-/m1/s1. The maximum absolute atomic E-state index is 12.0. The van der Waals surface area contributed by atoms with Crippen LogP contribution in [0.15, 0.2) is 0 Å². The van der Waals surface area contributed by atoms with Gasteiger partial charge in [0, 0.05) is 13.5 Å². The van der Waals surface area contributed by atoms with Crippen molar-refractivity contribution in [3.05, 3.63) is 0 Å². The lowest BCUT2D eigenvalue weighted by molar-refractivity contribution is -0.120. The minimum Gasteiger partial charge on any atom is -0.379 e. The molecule has 0 saturated heterocycles. The number of rotatable bonds is 27. The Morgan fingerprint density at radius 2 is 1.25 bits per heavy atom. The van der Waals surface area contributed by atoms with Crippen LogP contribution in [0.4, 0.5) is 0 Å². The van der Waals surface area contributed by atoms with E-state index < -0.39 is 13.9 Å². The summed E-state index contributed by atoms with van der Waals surface area (Å²) in [5.74, 6) is 0.468. The molecule has 216 valence electrons. The molecule has 0 bridgehead atoms. The van der Waals surface area contributed by atoms with Crippen LogP contribution in [-0.4, -0.2) is 61.5 Å². The van der Waals surface area contributed by atoms with Crippen molar-refractivity contribution >= 4 is 24.6 Å². The molecule has 0 aliphatic carbocycles. The fraction of sp³-hybridized carbons (Fsp3) is 0.963. The second-order valence-corrected chi connectivity index (χ2v) is 13.9. The minimum absolute atomic E-state index is 0.126. The van der Waals surface area contributed by atoms with E-state index in [0.29, 0.717) is 12.4 Å². The molecule has 1 amide bonds. The minimum atomic E-state index is -4.13. The predicted octanol–water partition coefficient (Wildman–Crippen LogP) is 6.78. The summed E-state index contributed by atoms with van der Waals surface area (Å²) in [7, 11) is -4.00. The first-order valence-corrected chi connectivity index (χ1v) is 18.0. The number of amides is 1. The van der Waals surface area contributed by atoms with Crippen molar-refractivity contribution in [1.29, 1.82) is 0 Å². The summed E-state index contributed by atoms with van der Waals surface area (Å²) in [6.07, 6.45) is 25.3. The van der Waals surface area contributed by atoms with Crippen LogP contribution in [-0.2, 0) is 34.0 Å². The number of unbranched alkanes of at least 4 members (excludes halogenated alkanes) is 15. The van der Waals surface area contributed by atoms with E-state index in [2.05, 4.69) is 12.2 Å². The van der Waals surface area contributed by atoms with E-state index >= 15 is 0 Å². The van der Waals surface area contributed by atoms with Crippen molar-refractivity contribution in [3.8, 4) is 0 Å². The number of carbonyl (C=O) groups is 1. The van der Waals surface area contributed by atoms with Crippen LogP contribution in [0.3, 0.4) is 0 Å². The van der Waals surface area contributed by atoms with Crippen LogP contribution in [0.5, 0.6) is 0 Å². The molecule has 9 heteroatoms. The first-order chi connectivity index (χ1) is 17.3. The zero-order valence-corrected chi connectivity index (χ0v) is 25.5. The molecule has 2 atom stereocenters. The Balaban J connectivity index is 3.65. The third-order valence-corrected chi connectivity index (χ3v) is 8.02. The highest BCUT2D eigenvalue weighted by atomic mass is 32.2. The number of nitrogens with one attached hydrogen (secondary N) is 1. The Kier molecular flexibility index (Phi) is 25.1. The lowest BCUT2D eigenvalue weighted by Gasteiger charge is -2.19. The maximum Gasteiger partial charge on any atom is 0.472 e. The summed E-state index contributed by atoms with van der Waals surface area (Å²) in [6, 6.07) is -0.486. The quantitative estimate of drug-likeness (QED) is 0.0660. The van der Waals surface area contributed by atoms with Crippen LogP contribution in [0.1, 0.15) is 117 Å². The van der Waals surface area contributed by atoms with E-state index in [9.17, 15) is 14.3 Å². The van der Waals surface area contributed by atoms with Crippen molar-refractivity contribution in [2.75, 3.05) is 44.7 Å². The third-order valence-electron chi connectivity index (χ3n) is 6.05. The number of hydrogen-bond acceptors (Lipinski definition) is 5. The van der Waals surface area contributed by atoms with Gasteiger partial charge in [0.25, 0.3) is 0 Å². The molecule has 2 N–H and O–H groups in total. The lowest BCUT2D eigenvalue weighted by atomic mass is 10.0. The van der Waals surface area contributed by atoms with Gasteiger partial charge in [-0.05, 0) is 17.3 Å². The molecule has 0 aliphatic heterocycles. The van der Waals surface area contributed by atoms with E-state index in [1.54, 1.807) is 0 Å². The van der Waals surface area contributed by atoms with Crippen molar-refractivity contribution < 1.29 is 28.0 Å². The fourth-order valence-corrected chi connectivity index (χ4v) is 5.24. The molecule has 0 aromatic carbocycles. The van der Waals surface area contributed by atoms with Gasteiger partial charge in [-0.1, -0.05) is 103 Å². The molecule has 7 nitrogen and oxygen atoms in total. The summed E-state index contributed by atoms with van der Waals surface area (Å²) in [4.78, 5) is 21.2. The molecular weight excluding hydrogens is 497 g/mol. The molecule has 0 radical (unpaired) electrons. The summed E-state index contributed by atoms with van der Waals surface area (Å²) in [5, 5.41) is 2.71. The van der Waals surface area contributed by atoms with Crippen molar-refractivity contribution in [2.45, 2.75) is 123 Å². The fourth-order valence-electron chi connectivity index (χ4n) is 3.94. The second kappa shape index (κ2) is 25.2. The van der Waals surface area contributed by atoms with Gasteiger partial charge in [0.15, 0.2) is 0 Å². The monoisotopic (exact) mass is 554 g/mol. The molecule has 0 spiro atoms. The zero-order valence-electron chi connectivity index (χ0n) is 23.8. The highest BCUT2D eigenvalue weighted by Crippen LogP contribution is 2.43. The van der Waals surface area contributed by atoms with E-state index in [1.807, 2.05) is 12.5 Å². The molecule has 0 aromatic heterocycles. The van der Waals surface area contributed by atoms with E-state index in [0.717, 1.165) is 12.8 Å². The highest BCUT2D eigenvalue weighted by Gasteiger charge is 2.24. The summed E-state index contributed by atoms with van der Waals surface area (Å²) < 4.78 is 27.7. The Morgan fingerprint density at radius 1 is 0.778 bits per heavy atom. The van der Waals surface area contributed by atoms with Crippen LogP contribution in [0, 0.1) is 0 Å². The summed E-state index contributed by atoms with van der Waals surface area (Å²) >= 11 is 0. The molecule has 1 unspecified atom stereocenters.